The number of rotatable bonds is 4. The van der Waals surface area contributed by atoms with E-state index in [1.165, 1.54) is 6.92 Å². The summed E-state index contributed by atoms with van der Waals surface area (Å²) in [5.74, 6) is -7.69. The number of thioether (sulfide) groups is 1. The van der Waals surface area contributed by atoms with Crippen LogP contribution in [0.1, 0.15) is 83.6 Å². The molecule has 0 bridgehead atoms. The fourth-order valence-corrected chi connectivity index (χ4v) is 10.4. The van der Waals surface area contributed by atoms with E-state index in [0.29, 0.717) is 38.9 Å². The lowest BCUT2D eigenvalue weighted by molar-refractivity contribution is -0.362. The quantitative estimate of drug-likeness (QED) is 0.190. The summed E-state index contributed by atoms with van der Waals surface area (Å²) < 4.78 is 85.4. The first-order chi connectivity index (χ1) is 22.4. The Hall–Kier alpha value is -1.98. The first kappa shape index (κ1) is 34.5. The number of alkyl halides is 5. The second-order valence-corrected chi connectivity index (χ2v) is 16.9. The van der Waals surface area contributed by atoms with Gasteiger partial charge in [-0.2, -0.15) is 22.0 Å². The summed E-state index contributed by atoms with van der Waals surface area (Å²) in [7, 11) is 0. The molecular weight excluding hydrogens is 647 g/mol. The summed E-state index contributed by atoms with van der Waals surface area (Å²) in [5.41, 5.74) is -1.82. The standard InChI is InChI=1S/C38H45F5O4S/c1-32(2)21-46-35(47-22-32)17-14-30-31-27(13-16-34(30,44)20-35)29-15-18-36(45,37(39,40)38(41,42)43)33(29,3)19-28(31)25-7-5-23(6-8-25)24-9-11-26(48-4)12-10-24/h5-12,27-29,44-45H,13-22H2,1-4H3/t27?,28-,29?,33+,34-,36+/m1/s1. The van der Waals surface area contributed by atoms with E-state index in [2.05, 4.69) is 13.8 Å². The smallest absolute Gasteiger partial charge is 0.385 e. The Kier molecular flexibility index (Phi) is 8.09. The molecule has 4 nitrogen and oxygen atoms in total. The average Bonchev–Trinajstić information content (AvgIpc) is 3.32. The molecule has 1 saturated heterocycles. The lowest BCUT2D eigenvalue weighted by Crippen LogP contribution is -2.65. The number of allylic oxidation sites excluding steroid dienone is 1. The zero-order valence-electron chi connectivity index (χ0n) is 27.9. The molecule has 48 heavy (non-hydrogen) atoms. The van der Waals surface area contributed by atoms with Gasteiger partial charge in [-0.1, -0.05) is 62.7 Å². The summed E-state index contributed by atoms with van der Waals surface area (Å²) in [4.78, 5) is 1.13. The highest BCUT2D eigenvalue weighted by atomic mass is 32.2. The van der Waals surface area contributed by atoms with E-state index in [4.69, 9.17) is 9.47 Å². The molecule has 6 atom stereocenters. The number of benzene rings is 2. The van der Waals surface area contributed by atoms with Crippen LogP contribution in [0.25, 0.3) is 11.1 Å². The highest BCUT2D eigenvalue weighted by molar-refractivity contribution is 7.98. The zero-order valence-corrected chi connectivity index (χ0v) is 28.7. The Bertz CT molecular complexity index is 1580. The van der Waals surface area contributed by atoms with Crippen LogP contribution in [0.5, 0.6) is 0 Å². The van der Waals surface area contributed by atoms with Crippen LogP contribution in [0, 0.1) is 22.7 Å². The second kappa shape index (κ2) is 11.3. The highest BCUT2D eigenvalue weighted by Gasteiger charge is 2.79. The van der Waals surface area contributed by atoms with Gasteiger partial charge in [-0.3, -0.25) is 0 Å². The Morgan fingerprint density at radius 1 is 0.812 bits per heavy atom. The van der Waals surface area contributed by atoms with E-state index >= 15 is 8.78 Å². The SMILES string of the molecule is CSc1ccc(-c2ccc([C@H]3C[C@@]4(C)C(CC[C@@]4(O)C(F)(F)C(F)(F)F)C4CC[C@@]5(O)CC6(CCC5=C43)OCC(C)(C)CO6)cc2)cc1. The van der Waals surface area contributed by atoms with Crippen molar-refractivity contribution in [2.45, 2.75) is 112 Å². The van der Waals surface area contributed by atoms with E-state index in [0.717, 1.165) is 32.7 Å². The maximum Gasteiger partial charge on any atom is 0.456 e. The van der Waals surface area contributed by atoms with Gasteiger partial charge in [0.1, 0.15) is 5.60 Å². The summed E-state index contributed by atoms with van der Waals surface area (Å²) in [6.45, 7) is 6.57. The van der Waals surface area contributed by atoms with Gasteiger partial charge in [0.05, 0.1) is 18.8 Å². The van der Waals surface area contributed by atoms with E-state index in [1.807, 2.05) is 54.8 Å². The molecular formula is C38H45F5O4S. The molecule has 4 fully saturated rings. The summed E-state index contributed by atoms with van der Waals surface area (Å²) >= 11 is 1.64. The third-order valence-electron chi connectivity index (χ3n) is 12.6. The molecule has 0 radical (unpaired) electrons. The van der Waals surface area contributed by atoms with Gasteiger partial charge >= 0.3 is 12.1 Å². The Morgan fingerprint density at radius 3 is 2.00 bits per heavy atom. The van der Waals surface area contributed by atoms with Crippen molar-refractivity contribution in [2.24, 2.45) is 22.7 Å². The minimum absolute atomic E-state index is 0.0570. The van der Waals surface area contributed by atoms with Crippen LogP contribution in [0.2, 0.25) is 0 Å². The Morgan fingerprint density at radius 2 is 1.42 bits per heavy atom. The Balaban J connectivity index is 1.32. The van der Waals surface area contributed by atoms with Crippen molar-refractivity contribution in [2.75, 3.05) is 19.5 Å². The number of halogens is 5. The van der Waals surface area contributed by atoms with Gasteiger partial charge in [-0.05, 0) is 91.0 Å². The third-order valence-corrected chi connectivity index (χ3v) is 13.4. The minimum Gasteiger partial charge on any atom is -0.385 e. The largest absolute Gasteiger partial charge is 0.456 e. The molecule has 10 heteroatoms. The fourth-order valence-electron chi connectivity index (χ4n) is 10.00. The molecule has 1 heterocycles. The van der Waals surface area contributed by atoms with Crippen molar-refractivity contribution in [3.63, 3.8) is 0 Å². The number of ether oxygens (including phenoxy) is 2. The number of hydrogen-bond acceptors (Lipinski definition) is 5. The first-order valence-corrected chi connectivity index (χ1v) is 18.3. The van der Waals surface area contributed by atoms with Crippen LogP contribution in [0.15, 0.2) is 64.6 Å². The Labute approximate surface area is 283 Å². The average molecular weight is 693 g/mol. The molecule has 5 aliphatic rings. The highest BCUT2D eigenvalue weighted by Crippen LogP contribution is 2.71. The molecule has 2 unspecified atom stereocenters. The molecule has 1 spiro atoms. The van der Waals surface area contributed by atoms with Crippen LogP contribution in [0.3, 0.4) is 0 Å². The second-order valence-electron chi connectivity index (χ2n) is 16.0. The van der Waals surface area contributed by atoms with Gasteiger partial charge in [0.25, 0.3) is 0 Å². The maximum absolute atomic E-state index is 15.4. The van der Waals surface area contributed by atoms with Gasteiger partial charge < -0.3 is 19.7 Å². The van der Waals surface area contributed by atoms with Crippen LogP contribution < -0.4 is 0 Å². The van der Waals surface area contributed by atoms with E-state index < -0.39 is 52.8 Å². The summed E-state index contributed by atoms with van der Waals surface area (Å²) in [5, 5.41) is 24.0. The van der Waals surface area contributed by atoms with E-state index in [9.17, 15) is 23.4 Å². The van der Waals surface area contributed by atoms with Crippen LogP contribution in [-0.4, -0.2) is 58.8 Å². The minimum atomic E-state index is -5.89. The number of aliphatic hydroxyl groups is 2. The lowest BCUT2D eigenvalue weighted by atomic mass is 9.49. The predicted molar refractivity (Wildman–Crippen MR) is 175 cm³/mol. The topological polar surface area (TPSA) is 58.9 Å². The maximum atomic E-state index is 15.4. The van der Waals surface area contributed by atoms with Crippen LogP contribution in [0.4, 0.5) is 22.0 Å². The normalized spacial score (nSPS) is 36.0. The molecule has 0 amide bonds. The van der Waals surface area contributed by atoms with Crippen molar-refractivity contribution in [3.05, 3.63) is 65.2 Å². The molecule has 3 saturated carbocycles. The molecule has 0 aromatic heterocycles. The van der Waals surface area contributed by atoms with Crippen molar-refractivity contribution in [1.82, 2.24) is 0 Å². The molecule has 2 aromatic carbocycles. The van der Waals surface area contributed by atoms with E-state index in [1.54, 1.807) is 11.8 Å². The van der Waals surface area contributed by atoms with Crippen molar-refractivity contribution in [1.29, 1.82) is 0 Å². The third kappa shape index (κ3) is 5.13. The first-order valence-electron chi connectivity index (χ1n) is 17.0. The number of hydrogen-bond donors (Lipinski definition) is 2. The summed E-state index contributed by atoms with van der Waals surface area (Å²) in [6, 6.07) is 15.9. The van der Waals surface area contributed by atoms with Crippen molar-refractivity contribution < 1.29 is 41.6 Å². The molecule has 2 aromatic rings. The molecule has 4 aliphatic carbocycles. The van der Waals surface area contributed by atoms with Crippen LogP contribution >= 0.6 is 11.8 Å². The van der Waals surface area contributed by atoms with Gasteiger partial charge in [0, 0.05) is 34.5 Å². The van der Waals surface area contributed by atoms with Crippen molar-refractivity contribution in [3.8, 4) is 11.1 Å². The van der Waals surface area contributed by atoms with Gasteiger partial charge in [0.2, 0.25) is 0 Å². The zero-order chi connectivity index (χ0) is 34.5. The van der Waals surface area contributed by atoms with Gasteiger partial charge in [-0.15, -0.1) is 11.8 Å². The lowest BCUT2D eigenvalue weighted by Gasteiger charge is -2.59. The summed E-state index contributed by atoms with van der Waals surface area (Å²) in [6.07, 6.45) is -2.56. The fraction of sp³-hybridized carbons (Fsp3) is 0.632. The van der Waals surface area contributed by atoms with Gasteiger partial charge in [0.15, 0.2) is 5.79 Å². The van der Waals surface area contributed by atoms with Gasteiger partial charge in [-0.25, -0.2) is 0 Å². The monoisotopic (exact) mass is 692 g/mol. The van der Waals surface area contributed by atoms with E-state index in [-0.39, 0.29) is 30.6 Å². The molecule has 262 valence electrons. The number of fused-ring (bicyclic) bond motifs is 4. The van der Waals surface area contributed by atoms with Crippen molar-refractivity contribution >= 4 is 11.8 Å². The molecule has 7 rings (SSSR count). The predicted octanol–water partition coefficient (Wildman–Crippen LogP) is 9.30. The molecule has 2 N–H and O–H groups in total. The molecule has 1 aliphatic heterocycles. The van der Waals surface area contributed by atoms with Crippen LogP contribution in [-0.2, 0) is 9.47 Å².